The molecule has 0 radical (unpaired) electrons. The van der Waals surface area contributed by atoms with Crippen LogP contribution >= 0.6 is 0 Å². The van der Waals surface area contributed by atoms with Crippen molar-refractivity contribution in [2.75, 3.05) is 6.54 Å². The number of rotatable bonds is 3. The lowest BCUT2D eigenvalue weighted by Gasteiger charge is -2.21. The molecule has 7 nitrogen and oxygen atoms in total. The van der Waals surface area contributed by atoms with Gasteiger partial charge in [-0.15, -0.1) is 0 Å². The van der Waals surface area contributed by atoms with Crippen LogP contribution in [-0.2, 0) is 11.3 Å². The molecule has 1 aliphatic heterocycles. The maximum Gasteiger partial charge on any atom is 0.326 e. The summed E-state index contributed by atoms with van der Waals surface area (Å²) in [6.45, 7) is 0.681. The molecule has 2 rings (SSSR count). The molecule has 1 saturated heterocycles. The van der Waals surface area contributed by atoms with E-state index in [0.29, 0.717) is 25.1 Å². The molecule has 0 aromatic carbocycles. The Balaban J connectivity index is 1.89. The SMILES string of the molecule is O=C(O)[C@H]1CCCN1C(=O)NCc1ccno1. The number of urea groups is 1. The van der Waals surface area contributed by atoms with Gasteiger partial charge in [0, 0.05) is 12.6 Å². The zero-order chi connectivity index (χ0) is 12.3. The Kier molecular flexibility index (Phi) is 3.27. The van der Waals surface area contributed by atoms with E-state index in [1.807, 2.05) is 0 Å². The van der Waals surface area contributed by atoms with Crippen molar-refractivity contribution in [3.63, 3.8) is 0 Å². The molecule has 0 saturated carbocycles. The molecule has 1 aromatic heterocycles. The Labute approximate surface area is 97.4 Å². The second kappa shape index (κ2) is 4.86. The number of hydrogen-bond donors (Lipinski definition) is 2. The predicted molar refractivity (Wildman–Crippen MR) is 56.1 cm³/mol. The summed E-state index contributed by atoms with van der Waals surface area (Å²) in [6.07, 6.45) is 2.70. The third kappa shape index (κ3) is 2.55. The molecule has 92 valence electrons. The van der Waals surface area contributed by atoms with Crippen LogP contribution in [0.3, 0.4) is 0 Å². The second-order valence-corrected chi connectivity index (χ2v) is 3.83. The van der Waals surface area contributed by atoms with Crippen molar-refractivity contribution >= 4 is 12.0 Å². The molecular weight excluding hydrogens is 226 g/mol. The average molecular weight is 239 g/mol. The van der Waals surface area contributed by atoms with Crippen molar-refractivity contribution in [2.45, 2.75) is 25.4 Å². The minimum atomic E-state index is -0.961. The van der Waals surface area contributed by atoms with Gasteiger partial charge >= 0.3 is 12.0 Å². The summed E-state index contributed by atoms with van der Waals surface area (Å²) in [5.41, 5.74) is 0. The summed E-state index contributed by atoms with van der Waals surface area (Å²) < 4.78 is 4.82. The number of amides is 2. The fourth-order valence-corrected chi connectivity index (χ4v) is 1.86. The summed E-state index contributed by atoms with van der Waals surface area (Å²) in [5, 5.41) is 15.0. The van der Waals surface area contributed by atoms with Crippen LogP contribution in [0, 0.1) is 0 Å². The fraction of sp³-hybridized carbons (Fsp3) is 0.500. The molecule has 1 fully saturated rings. The van der Waals surface area contributed by atoms with Crippen molar-refractivity contribution in [1.29, 1.82) is 0 Å². The van der Waals surface area contributed by atoms with E-state index in [2.05, 4.69) is 10.5 Å². The first-order valence-corrected chi connectivity index (χ1v) is 5.35. The lowest BCUT2D eigenvalue weighted by atomic mass is 10.2. The summed E-state index contributed by atoms with van der Waals surface area (Å²) in [7, 11) is 0. The molecule has 1 aliphatic rings. The highest BCUT2D eigenvalue weighted by molar-refractivity contribution is 5.83. The predicted octanol–water partition coefficient (Wildman–Crippen LogP) is 0.433. The number of carbonyl (C=O) groups is 2. The molecule has 1 atom stereocenters. The quantitative estimate of drug-likeness (QED) is 0.797. The van der Waals surface area contributed by atoms with E-state index >= 15 is 0 Å². The van der Waals surface area contributed by atoms with E-state index in [1.165, 1.54) is 11.1 Å². The van der Waals surface area contributed by atoms with Gasteiger partial charge < -0.3 is 19.8 Å². The van der Waals surface area contributed by atoms with Crippen LogP contribution in [0.25, 0.3) is 0 Å². The number of hydrogen-bond acceptors (Lipinski definition) is 4. The molecule has 0 aliphatic carbocycles. The number of aromatic nitrogens is 1. The lowest BCUT2D eigenvalue weighted by molar-refractivity contribution is -0.141. The third-order valence-electron chi connectivity index (χ3n) is 2.70. The molecule has 17 heavy (non-hydrogen) atoms. The van der Waals surface area contributed by atoms with Crippen molar-refractivity contribution in [3.8, 4) is 0 Å². The Bertz CT molecular complexity index is 404. The Morgan fingerprint density at radius 1 is 1.65 bits per heavy atom. The minimum Gasteiger partial charge on any atom is -0.480 e. The first-order valence-electron chi connectivity index (χ1n) is 5.35. The average Bonchev–Trinajstić information content (AvgIpc) is 2.96. The minimum absolute atomic E-state index is 0.210. The highest BCUT2D eigenvalue weighted by Gasteiger charge is 2.33. The third-order valence-corrected chi connectivity index (χ3v) is 2.70. The summed E-state index contributed by atoms with van der Waals surface area (Å²) in [4.78, 5) is 24.0. The van der Waals surface area contributed by atoms with Crippen LogP contribution in [0.1, 0.15) is 18.6 Å². The number of nitrogens with one attached hydrogen (secondary N) is 1. The largest absolute Gasteiger partial charge is 0.480 e. The van der Waals surface area contributed by atoms with Crippen LogP contribution < -0.4 is 5.32 Å². The summed E-state index contributed by atoms with van der Waals surface area (Å²) >= 11 is 0. The highest BCUT2D eigenvalue weighted by atomic mass is 16.5. The number of carboxylic acids is 1. The molecule has 2 amide bonds. The number of carbonyl (C=O) groups excluding carboxylic acids is 1. The monoisotopic (exact) mass is 239 g/mol. The van der Waals surface area contributed by atoms with Gasteiger partial charge in [0.1, 0.15) is 6.04 Å². The van der Waals surface area contributed by atoms with Crippen LogP contribution in [0.4, 0.5) is 4.79 Å². The number of likely N-dealkylation sites (tertiary alicyclic amines) is 1. The zero-order valence-corrected chi connectivity index (χ0v) is 9.13. The van der Waals surface area contributed by atoms with Crippen molar-refractivity contribution in [1.82, 2.24) is 15.4 Å². The van der Waals surface area contributed by atoms with Crippen LogP contribution in [0.5, 0.6) is 0 Å². The first kappa shape index (κ1) is 11.4. The summed E-state index contributed by atoms with van der Waals surface area (Å²) in [6, 6.07) is 0.537. The van der Waals surface area contributed by atoms with Gasteiger partial charge in [-0.05, 0) is 12.8 Å². The molecule has 0 unspecified atom stereocenters. The molecule has 0 bridgehead atoms. The number of nitrogens with zero attached hydrogens (tertiary/aromatic N) is 2. The van der Waals surface area contributed by atoms with Crippen LogP contribution in [-0.4, -0.2) is 39.8 Å². The molecule has 7 heteroatoms. The molecule has 1 aromatic rings. The normalized spacial score (nSPS) is 19.3. The fourth-order valence-electron chi connectivity index (χ4n) is 1.86. The van der Waals surface area contributed by atoms with Crippen LogP contribution in [0.2, 0.25) is 0 Å². The zero-order valence-electron chi connectivity index (χ0n) is 9.13. The number of carboxylic acid groups (broad SMARTS) is 1. The van der Waals surface area contributed by atoms with E-state index in [4.69, 9.17) is 9.63 Å². The first-order chi connectivity index (χ1) is 8.18. The highest BCUT2D eigenvalue weighted by Crippen LogP contribution is 2.17. The number of aliphatic carboxylic acids is 1. The molecule has 2 heterocycles. The molecule has 2 N–H and O–H groups in total. The van der Waals surface area contributed by atoms with Gasteiger partial charge in [-0.3, -0.25) is 0 Å². The topological polar surface area (TPSA) is 95.7 Å². The van der Waals surface area contributed by atoms with Crippen molar-refractivity contribution in [3.05, 3.63) is 18.0 Å². The van der Waals surface area contributed by atoms with Gasteiger partial charge in [-0.1, -0.05) is 5.16 Å². The maximum absolute atomic E-state index is 11.7. The standard InChI is InChI=1S/C10H13N3O4/c14-9(15)8-2-1-5-13(8)10(16)11-6-7-3-4-12-17-7/h3-4,8H,1-2,5-6H2,(H,11,16)(H,14,15)/t8-/m1/s1. The second-order valence-electron chi connectivity index (χ2n) is 3.83. The van der Waals surface area contributed by atoms with Gasteiger partial charge in [0.2, 0.25) is 0 Å². The van der Waals surface area contributed by atoms with Crippen molar-refractivity contribution in [2.24, 2.45) is 0 Å². The van der Waals surface area contributed by atoms with Crippen molar-refractivity contribution < 1.29 is 19.2 Å². The van der Waals surface area contributed by atoms with E-state index < -0.39 is 12.0 Å². The van der Waals surface area contributed by atoms with E-state index in [9.17, 15) is 9.59 Å². The smallest absolute Gasteiger partial charge is 0.326 e. The van der Waals surface area contributed by atoms with E-state index in [1.54, 1.807) is 6.07 Å². The van der Waals surface area contributed by atoms with Gasteiger partial charge in [0.25, 0.3) is 0 Å². The molecular formula is C10H13N3O4. The van der Waals surface area contributed by atoms with Gasteiger partial charge in [-0.2, -0.15) is 0 Å². The van der Waals surface area contributed by atoms with Gasteiger partial charge in [0.05, 0.1) is 12.7 Å². The van der Waals surface area contributed by atoms with E-state index in [-0.39, 0.29) is 12.6 Å². The maximum atomic E-state index is 11.7. The van der Waals surface area contributed by atoms with Gasteiger partial charge in [0.15, 0.2) is 5.76 Å². The Morgan fingerprint density at radius 3 is 3.12 bits per heavy atom. The van der Waals surface area contributed by atoms with Crippen LogP contribution in [0.15, 0.2) is 16.8 Å². The molecule has 0 spiro atoms. The lowest BCUT2D eigenvalue weighted by Crippen LogP contribution is -2.45. The van der Waals surface area contributed by atoms with E-state index in [0.717, 1.165) is 0 Å². The van der Waals surface area contributed by atoms with Gasteiger partial charge in [-0.25, -0.2) is 9.59 Å². The Hall–Kier alpha value is -2.05. The summed E-state index contributed by atoms with van der Waals surface area (Å²) in [5.74, 6) is -0.429. The Morgan fingerprint density at radius 2 is 2.47 bits per heavy atom.